The van der Waals surface area contributed by atoms with Crippen molar-refractivity contribution in [3.63, 3.8) is 0 Å². The minimum Gasteiger partial charge on any atom is -0.469 e. The van der Waals surface area contributed by atoms with Gasteiger partial charge in [0, 0.05) is 16.6 Å². The summed E-state index contributed by atoms with van der Waals surface area (Å²) in [5, 5.41) is 1.27. The van der Waals surface area contributed by atoms with E-state index in [4.69, 9.17) is 4.74 Å². The van der Waals surface area contributed by atoms with E-state index in [0.717, 1.165) is 19.3 Å². The zero-order valence-corrected chi connectivity index (χ0v) is 11.7. The molecule has 1 unspecified atom stereocenters. The van der Waals surface area contributed by atoms with E-state index in [1.54, 1.807) is 0 Å². The molecular weight excluding hydrogens is 238 g/mol. The van der Waals surface area contributed by atoms with Crippen molar-refractivity contribution >= 4 is 16.9 Å². The summed E-state index contributed by atoms with van der Waals surface area (Å²) in [6.45, 7) is 4.26. The first-order valence-corrected chi connectivity index (χ1v) is 6.78. The summed E-state index contributed by atoms with van der Waals surface area (Å²) in [7, 11) is 1.47. The highest BCUT2D eigenvalue weighted by molar-refractivity contribution is 5.87. The molecule has 0 spiro atoms. The molecule has 0 saturated carbocycles. The van der Waals surface area contributed by atoms with E-state index >= 15 is 0 Å². The number of aromatic amines is 1. The van der Waals surface area contributed by atoms with Crippen LogP contribution >= 0.6 is 0 Å². The highest BCUT2D eigenvalue weighted by Crippen LogP contribution is 2.33. The van der Waals surface area contributed by atoms with Crippen molar-refractivity contribution in [1.82, 2.24) is 4.98 Å². The van der Waals surface area contributed by atoms with Crippen LogP contribution in [0.1, 0.15) is 28.8 Å². The Labute approximate surface area is 113 Å². The van der Waals surface area contributed by atoms with Gasteiger partial charge >= 0.3 is 5.97 Å². The Hall–Kier alpha value is -1.77. The molecule has 3 heteroatoms. The van der Waals surface area contributed by atoms with Gasteiger partial charge in [-0.1, -0.05) is 0 Å². The monoisotopic (exact) mass is 257 g/mol. The average Bonchev–Trinajstić information content (AvgIpc) is 2.75. The quantitative estimate of drug-likeness (QED) is 0.798. The van der Waals surface area contributed by atoms with E-state index in [1.807, 2.05) is 0 Å². The van der Waals surface area contributed by atoms with Crippen molar-refractivity contribution in [1.29, 1.82) is 0 Å². The molecule has 2 aromatic rings. The molecule has 100 valence electrons. The number of esters is 1. The molecule has 1 heterocycles. The molecule has 1 aliphatic carbocycles. The second-order valence-corrected chi connectivity index (χ2v) is 5.53. The van der Waals surface area contributed by atoms with Crippen molar-refractivity contribution < 1.29 is 9.53 Å². The summed E-state index contributed by atoms with van der Waals surface area (Å²) >= 11 is 0. The van der Waals surface area contributed by atoms with E-state index < -0.39 is 0 Å². The number of hydrogen-bond acceptors (Lipinski definition) is 2. The number of rotatable bonds is 1. The van der Waals surface area contributed by atoms with Gasteiger partial charge in [-0.25, -0.2) is 0 Å². The topological polar surface area (TPSA) is 42.1 Å². The number of carbonyl (C=O) groups excluding carboxylic acids is 1. The second kappa shape index (κ2) is 4.41. The van der Waals surface area contributed by atoms with Gasteiger partial charge in [-0.15, -0.1) is 0 Å². The Morgan fingerprint density at radius 1 is 1.32 bits per heavy atom. The van der Waals surface area contributed by atoms with Crippen LogP contribution in [-0.4, -0.2) is 18.1 Å². The van der Waals surface area contributed by atoms with Crippen LogP contribution in [0.3, 0.4) is 0 Å². The van der Waals surface area contributed by atoms with E-state index in [-0.39, 0.29) is 11.9 Å². The number of ether oxygens (including phenoxy) is 1. The first-order valence-electron chi connectivity index (χ1n) is 6.78. The number of aryl methyl sites for hydroxylation is 3. The predicted molar refractivity (Wildman–Crippen MR) is 75.3 cm³/mol. The van der Waals surface area contributed by atoms with Crippen molar-refractivity contribution in [3.8, 4) is 0 Å². The third-order valence-electron chi connectivity index (χ3n) is 4.34. The number of fused-ring (bicyclic) bond motifs is 3. The number of H-pyrrole nitrogens is 1. The summed E-state index contributed by atoms with van der Waals surface area (Å²) in [6.07, 6.45) is 2.61. The molecule has 1 N–H and O–H groups in total. The summed E-state index contributed by atoms with van der Waals surface area (Å²) in [4.78, 5) is 15.2. The number of hydrogen-bond donors (Lipinski definition) is 1. The Bertz CT molecular complexity index is 654. The fourth-order valence-electron chi connectivity index (χ4n) is 3.05. The molecule has 0 amide bonds. The summed E-state index contributed by atoms with van der Waals surface area (Å²) < 4.78 is 4.89. The van der Waals surface area contributed by atoms with Crippen LogP contribution in [0.5, 0.6) is 0 Å². The summed E-state index contributed by atoms with van der Waals surface area (Å²) in [6, 6.07) is 4.44. The van der Waals surface area contributed by atoms with E-state index in [2.05, 4.69) is 31.0 Å². The second-order valence-electron chi connectivity index (χ2n) is 5.53. The lowest BCUT2D eigenvalue weighted by Crippen LogP contribution is -2.23. The van der Waals surface area contributed by atoms with Gasteiger partial charge in [-0.3, -0.25) is 4.79 Å². The van der Waals surface area contributed by atoms with Gasteiger partial charge in [-0.05, 0) is 61.9 Å². The van der Waals surface area contributed by atoms with Crippen LogP contribution in [0.4, 0.5) is 0 Å². The first-order chi connectivity index (χ1) is 9.10. The lowest BCUT2D eigenvalue weighted by atomic mass is 9.86. The molecule has 0 fully saturated rings. The summed E-state index contributed by atoms with van der Waals surface area (Å²) in [5.74, 6) is -0.0676. The number of aromatic nitrogens is 1. The molecule has 3 nitrogen and oxygen atoms in total. The molecule has 0 radical (unpaired) electrons. The Balaban J connectivity index is 2.08. The predicted octanol–water partition coefficient (Wildman–Crippen LogP) is 3.06. The van der Waals surface area contributed by atoms with E-state index in [1.165, 1.54) is 40.4 Å². The third kappa shape index (κ3) is 1.93. The number of nitrogens with one attached hydrogen (secondary N) is 1. The molecule has 0 aliphatic heterocycles. The first kappa shape index (κ1) is 12.3. The normalized spacial score (nSPS) is 18.4. The number of carbonyl (C=O) groups is 1. The summed E-state index contributed by atoms with van der Waals surface area (Å²) in [5.41, 5.74) is 6.39. The maximum absolute atomic E-state index is 11.7. The van der Waals surface area contributed by atoms with Crippen molar-refractivity contribution in [2.24, 2.45) is 5.92 Å². The fraction of sp³-hybridized carbons (Fsp3) is 0.438. The Morgan fingerprint density at radius 3 is 2.79 bits per heavy atom. The minimum absolute atomic E-state index is 0.0121. The molecule has 1 atom stereocenters. The average molecular weight is 257 g/mol. The van der Waals surface area contributed by atoms with Crippen LogP contribution in [-0.2, 0) is 22.4 Å². The van der Waals surface area contributed by atoms with Gasteiger partial charge < -0.3 is 9.72 Å². The molecule has 3 rings (SSSR count). The van der Waals surface area contributed by atoms with Gasteiger partial charge in [0.2, 0.25) is 0 Å². The highest BCUT2D eigenvalue weighted by atomic mass is 16.5. The lowest BCUT2D eigenvalue weighted by molar-refractivity contribution is -0.145. The van der Waals surface area contributed by atoms with Crippen LogP contribution in [0.15, 0.2) is 12.1 Å². The molecule has 0 saturated heterocycles. The molecule has 0 bridgehead atoms. The Morgan fingerprint density at radius 2 is 2.05 bits per heavy atom. The molecule has 19 heavy (non-hydrogen) atoms. The van der Waals surface area contributed by atoms with Gasteiger partial charge in [0.1, 0.15) is 0 Å². The standard InChI is InChI=1S/C16H19NO2/c1-9-6-12-13-8-11(16(18)19-3)4-5-14(13)17-15(12)7-10(9)2/h6-7,11,17H,4-5,8H2,1-3H3. The largest absolute Gasteiger partial charge is 0.469 e. The van der Waals surface area contributed by atoms with Crippen LogP contribution in [0.2, 0.25) is 0 Å². The molecular formula is C16H19NO2. The fourth-order valence-corrected chi connectivity index (χ4v) is 3.05. The zero-order chi connectivity index (χ0) is 13.6. The van der Waals surface area contributed by atoms with Gasteiger partial charge in [0.15, 0.2) is 0 Å². The maximum Gasteiger partial charge on any atom is 0.309 e. The van der Waals surface area contributed by atoms with Gasteiger partial charge in [-0.2, -0.15) is 0 Å². The van der Waals surface area contributed by atoms with Crippen molar-refractivity contribution in [2.75, 3.05) is 7.11 Å². The molecule has 1 aliphatic rings. The van der Waals surface area contributed by atoms with Crippen LogP contribution in [0.25, 0.3) is 10.9 Å². The van der Waals surface area contributed by atoms with E-state index in [0.29, 0.717) is 0 Å². The highest BCUT2D eigenvalue weighted by Gasteiger charge is 2.27. The van der Waals surface area contributed by atoms with Gasteiger partial charge in [0.25, 0.3) is 0 Å². The lowest BCUT2D eigenvalue weighted by Gasteiger charge is -2.20. The molecule has 1 aromatic carbocycles. The molecule has 1 aromatic heterocycles. The van der Waals surface area contributed by atoms with Crippen LogP contribution in [0, 0.1) is 19.8 Å². The smallest absolute Gasteiger partial charge is 0.309 e. The van der Waals surface area contributed by atoms with Crippen molar-refractivity contribution in [3.05, 3.63) is 34.5 Å². The van der Waals surface area contributed by atoms with Crippen molar-refractivity contribution in [2.45, 2.75) is 33.1 Å². The Kier molecular flexibility index (Phi) is 2.85. The third-order valence-corrected chi connectivity index (χ3v) is 4.34. The van der Waals surface area contributed by atoms with Crippen LogP contribution < -0.4 is 0 Å². The number of benzene rings is 1. The number of methoxy groups -OCH3 is 1. The minimum atomic E-state index is -0.0798. The van der Waals surface area contributed by atoms with E-state index in [9.17, 15) is 4.79 Å². The SMILES string of the molecule is COC(=O)C1CCc2[nH]c3cc(C)c(C)cc3c2C1. The zero-order valence-electron chi connectivity index (χ0n) is 11.7. The maximum atomic E-state index is 11.7. The van der Waals surface area contributed by atoms with Gasteiger partial charge in [0.05, 0.1) is 13.0 Å².